The largest absolute Gasteiger partial charge is 0.307 e. The van der Waals surface area contributed by atoms with E-state index in [-0.39, 0.29) is 0 Å². The second kappa shape index (κ2) is 18.0. The third-order valence-electron chi connectivity index (χ3n) is 14.4. The van der Waals surface area contributed by atoms with Gasteiger partial charge in [-0.1, -0.05) is 231 Å². The molecule has 74 heavy (non-hydrogen) atoms. The van der Waals surface area contributed by atoms with Crippen LogP contribution in [0.5, 0.6) is 0 Å². The lowest BCUT2D eigenvalue weighted by Gasteiger charge is -2.14. The van der Waals surface area contributed by atoms with Crippen LogP contribution in [0.1, 0.15) is 0 Å². The molecule has 0 bridgehead atoms. The van der Waals surface area contributed by atoms with E-state index >= 15 is 0 Å². The van der Waals surface area contributed by atoms with Gasteiger partial charge in [-0.05, 0) is 98.1 Å². The van der Waals surface area contributed by atoms with Gasteiger partial charge in [-0.2, -0.15) is 9.97 Å². The predicted octanol–water partition coefficient (Wildman–Crippen LogP) is 17.7. The zero-order chi connectivity index (χ0) is 49.0. The monoisotopic (exact) mass is 943 g/mol. The van der Waals surface area contributed by atoms with Crippen molar-refractivity contribution >= 4 is 43.6 Å². The van der Waals surface area contributed by atoms with E-state index in [2.05, 4.69) is 282 Å². The number of rotatable bonds is 9. The average molecular weight is 944 g/mol. The first-order valence-corrected chi connectivity index (χ1v) is 25.1. The molecule has 0 aliphatic rings. The fourth-order valence-corrected chi connectivity index (χ4v) is 10.8. The highest BCUT2D eigenvalue weighted by molar-refractivity contribution is 6.23. The topological polar surface area (TPSA) is 48.5 Å². The van der Waals surface area contributed by atoms with Crippen molar-refractivity contribution in [1.82, 2.24) is 24.1 Å². The lowest BCUT2D eigenvalue weighted by atomic mass is 9.98. The van der Waals surface area contributed by atoms with Crippen molar-refractivity contribution in [2.75, 3.05) is 0 Å². The molecule has 5 nitrogen and oxygen atoms in total. The Kier molecular flexibility index (Phi) is 10.4. The number of fused-ring (bicyclic) bond motifs is 7. The summed E-state index contributed by atoms with van der Waals surface area (Å²) in [4.78, 5) is 16.4. The summed E-state index contributed by atoms with van der Waals surface area (Å²) < 4.78 is 4.70. The SMILES string of the molecule is c1ccc(-c2cccc(-c3ccc(-c4nc(-c5cccc(-c6cccc(-c7ccccc7)c6)c5)nc(-n5c6ccccc6c6ccc7c8ccccc8n(-c8cccc(-c9ccccc9)c8)c7c65)n4)cc3)c2)cc1. The summed E-state index contributed by atoms with van der Waals surface area (Å²) in [7, 11) is 0. The van der Waals surface area contributed by atoms with Crippen LogP contribution in [0, 0.1) is 0 Å². The van der Waals surface area contributed by atoms with Crippen molar-refractivity contribution in [2.45, 2.75) is 0 Å². The molecule has 14 rings (SSSR count). The summed E-state index contributed by atoms with van der Waals surface area (Å²) in [5.41, 5.74) is 18.5. The quantitative estimate of drug-likeness (QED) is 0.145. The molecule has 3 heterocycles. The van der Waals surface area contributed by atoms with Gasteiger partial charge in [-0.15, -0.1) is 0 Å². The summed E-state index contributed by atoms with van der Waals surface area (Å²) in [5, 5.41) is 4.55. The van der Waals surface area contributed by atoms with E-state index in [1.807, 2.05) is 0 Å². The Morgan fingerprint density at radius 2 is 0.568 bits per heavy atom. The number of hydrogen-bond acceptors (Lipinski definition) is 3. The van der Waals surface area contributed by atoms with Gasteiger partial charge in [0.15, 0.2) is 11.6 Å². The van der Waals surface area contributed by atoms with Crippen LogP contribution >= 0.6 is 0 Å². The summed E-state index contributed by atoms with van der Waals surface area (Å²) >= 11 is 0. The summed E-state index contributed by atoms with van der Waals surface area (Å²) in [6.45, 7) is 0. The Balaban J connectivity index is 0.995. The minimum absolute atomic E-state index is 0.537. The third kappa shape index (κ3) is 7.54. The predicted molar refractivity (Wildman–Crippen MR) is 307 cm³/mol. The Morgan fingerprint density at radius 1 is 0.216 bits per heavy atom. The normalized spacial score (nSPS) is 11.5. The minimum atomic E-state index is 0.537. The number of benzene rings is 11. The first kappa shape index (κ1) is 42.9. The Morgan fingerprint density at radius 3 is 1.09 bits per heavy atom. The van der Waals surface area contributed by atoms with Crippen LogP contribution in [0.2, 0.25) is 0 Å². The van der Waals surface area contributed by atoms with Crippen molar-refractivity contribution in [3.8, 4) is 90.0 Å². The van der Waals surface area contributed by atoms with Crippen LogP contribution in [0.15, 0.2) is 273 Å². The Bertz CT molecular complexity index is 4400. The van der Waals surface area contributed by atoms with E-state index in [0.29, 0.717) is 17.6 Å². The lowest BCUT2D eigenvalue weighted by molar-refractivity contribution is 0.953. The highest BCUT2D eigenvalue weighted by Gasteiger charge is 2.24. The third-order valence-corrected chi connectivity index (χ3v) is 14.4. The molecule has 0 aliphatic carbocycles. The van der Waals surface area contributed by atoms with Gasteiger partial charge in [-0.25, -0.2) is 4.98 Å². The number of aromatic nitrogens is 5. The molecule has 0 saturated carbocycles. The molecule has 0 N–H and O–H groups in total. The maximum atomic E-state index is 5.52. The van der Waals surface area contributed by atoms with E-state index in [0.717, 1.165) is 88.4 Å². The first-order chi connectivity index (χ1) is 36.7. The van der Waals surface area contributed by atoms with Gasteiger partial charge in [0.05, 0.1) is 22.1 Å². The summed E-state index contributed by atoms with van der Waals surface area (Å²) in [6, 6.07) is 97.1. The van der Waals surface area contributed by atoms with Crippen LogP contribution < -0.4 is 0 Å². The van der Waals surface area contributed by atoms with Crippen LogP contribution in [-0.4, -0.2) is 24.1 Å². The van der Waals surface area contributed by atoms with Crippen molar-refractivity contribution in [3.05, 3.63) is 273 Å². The highest BCUT2D eigenvalue weighted by Crippen LogP contribution is 2.42. The molecule has 0 amide bonds. The van der Waals surface area contributed by atoms with Gasteiger partial charge in [0.25, 0.3) is 0 Å². The number of nitrogens with zero attached hydrogens (tertiary/aromatic N) is 5. The molecule has 0 spiro atoms. The molecule has 0 unspecified atom stereocenters. The average Bonchev–Trinajstić information content (AvgIpc) is 4.01. The van der Waals surface area contributed by atoms with E-state index in [1.54, 1.807) is 0 Å². The van der Waals surface area contributed by atoms with Crippen LogP contribution in [0.4, 0.5) is 0 Å². The van der Waals surface area contributed by atoms with Gasteiger partial charge < -0.3 is 4.57 Å². The van der Waals surface area contributed by atoms with E-state index in [4.69, 9.17) is 15.0 Å². The zero-order valence-electron chi connectivity index (χ0n) is 40.2. The zero-order valence-corrected chi connectivity index (χ0v) is 40.2. The van der Waals surface area contributed by atoms with Gasteiger partial charge in [-0.3, -0.25) is 4.57 Å². The molecule has 11 aromatic carbocycles. The molecule has 0 radical (unpaired) electrons. The molecule has 14 aromatic rings. The molecule has 346 valence electrons. The molecule has 3 aromatic heterocycles. The first-order valence-electron chi connectivity index (χ1n) is 25.1. The van der Waals surface area contributed by atoms with Crippen LogP contribution in [-0.2, 0) is 0 Å². The van der Waals surface area contributed by atoms with Gasteiger partial charge >= 0.3 is 0 Å². The lowest BCUT2D eigenvalue weighted by Crippen LogP contribution is -2.07. The molecule has 5 heteroatoms. The highest BCUT2D eigenvalue weighted by atomic mass is 15.2. The fourth-order valence-electron chi connectivity index (χ4n) is 10.8. The number of hydrogen-bond donors (Lipinski definition) is 0. The standard InChI is InChI=1S/C69H45N5/c1-4-18-46(19-5-1)51-24-14-26-53(42-51)49-36-38-50(39-37-49)67-70-68(57-30-16-28-55(44-57)54-27-15-25-52(43-54)47-20-6-2-7-21-47)72-69(71-67)74-64-35-13-11-33-60(64)62-41-40-61-59-32-10-12-34-63(59)73(65(61)66(62)74)58-31-17-29-56(45-58)48-22-8-3-9-23-48/h1-45H. The Hall–Kier alpha value is -9.97. The van der Waals surface area contributed by atoms with Gasteiger partial charge in [0, 0.05) is 38.4 Å². The van der Waals surface area contributed by atoms with E-state index < -0.39 is 0 Å². The van der Waals surface area contributed by atoms with Crippen LogP contribution in [0.25, 0.3) is 134 Å². The van der Waals surface area contributed by atoms with Gasteiger partial charge in [0.1, 0.15) is 0 Å². The Labute approximate surface area is 428 Å². The van der Waals surface area contributed by atoms with Crippen molar-refractivity contribution < 1.29 is 0 Å². The van der Waals surface area contributed by atoms with E-state index in [1.165, 1.54) is 27.6 Å². The van der Waals surface area contributed by atoms with Crippen LogP contribution in [0.3, 0.4) is 0 Å². The molecule has 0 saturated heterocycles. The molecule has 0 aliphatic heterocycles. The van der Waals surface area contributed by atoms with Crippen molar-refractivity contribution in [2.24, 2.45) is 0 Å². The second-order valence-electron chi connectivity index (χ2n) is 18.8. The van der Waals surface area contributed by atoms with Gasteiger partial charge in [0.2, 0.25) is 5.95 Å². The summed E-state index contributed by atoms with van der Waals surface area (Å²) in [6.07, 6.45) is 0. The van der Waals surface area contributed by atoms with E-state index in [9.17, 15) is 0 Å². The van der Waals surface area contributed by atoms with Crippen molar-refractivity contribution in [1.29, 1.82) is 0 Å². The fraction of sp³-hybridized carbons (Fsp3) is 0. The second-order valence-corrected chi connectivity index (χ2v) is 18.8. The maximum Gasteiger partial charge on any atom is 0.238 e. The molecule has 0 atom stereocenters. The smallest absolute Gasteiger partial charge is 0.238 e. The molecule has 0 fully saturated rings. The van der Waals surface area contributed by atoms with Crippen molar-refractivity contribution in [3.63, 3.8) is 0 Å². The maximum absolute atomic E-state index is 5.52. The minimum Gasteiger partial charge on any atom is -0.307 e. The molecular formula is C69H45N5. The summed E-state index contributed by atoms with van der Waals surface area (Å²) in [5.74, 6) is 1.70. The molecular weight excluding hydrogens is 899 g/mol. The number of para-hydroxylation sites is 2.